The lowest BCUT2D eigenvalue weighted by Crippen LogP contribution is -2.32. The lowest BCUT2D eigenvalue weighted by atomic mass is 10.1. The van der Waals surface area contributed by atoms with Crippen molar-refractivity contribution in [2.24, 2.45) is 0 Å². The summed E-state index contributed by atoms with van der Waals surface area (Å²) in [4.78, 5) is 26.3. The average molecular weight is 386 g/mol. The maximum Gasteiger partial charge on any atom is 0.246 e. The van der Waals surface area contributed by atoms with E-state index in [1.165, 1.54) is 0 Å². The number of benzene rings is 2. The fraction of sp³-hybridized carbons (Fsp3) is 0.333. The van der Waals surface area contributed by atoms with E-state index in [0.29, 0.717) is 17.1 Å². The van der Waals surface area contributed by atoms with E-state index in [4.69, 9.17) is 11.6 Å². The molecule has 2 aromatic carbocycles. The Morgan fingerprint density at radius 1 is 1.22 bits per heavy atom. The van der Waals surface area contributed by atoms with E-state index >= 15 is 0 Å². The van der Waals surface area contributed by atoms with E-state index in [1.54, 1.807) is 6.07 Å². The number of amides is 2. The van der Waals surface area contributed by atoms with Gasteiger partial charge in [-0.2, -0.15) is 0 Å². The summed E-state index contributed by atoms with van der Waals surface area (Å²) in [5.74, 6) is 0.0280. The third-order valence-electron chi connectivity index (χ3n) is 4.86. The summed E-state index contributed by atoms with van der Waals surface area (Å²) in [7, 11) is 0. The summed E-state index contributed by atoms with van der Waals surface area (Å²) in [6.45, 7) is 6.43. The molecule has 27 heavy (non-hydrogen) atoms. The highest BCUT2D eigenvalue weighted by molar-refractivity contribution is 6.31. The van der Waals surface area contributed by atoms with E-state index < -0.39 is 6.04 Å². The van der Waals surface area contributed by atoms with Crippen molar-refractivity contribution in [2.45, 2.75) is 39.7 Å². The SMILES string of the molecule is Cc1cc(N[C@H](C)C(=O)Nc2cccc(Cl)c2C)ccc1N1CCCC1=O. The number of hydrogen-bond acceptors (Lipinski definition) is 3. The molecule has 5 nitrogen and oxygen atoms in total. The van der Waals surface area contributed by atoms with Gasteiger partial charge in [-0.1, -0.05) is 17.7 Å². The third kappa shape index (κ3) is 4.25. The van der Waals surface area contributed by atoms with Gasteiger partial charge in [0.1, 0.15) is 6.04 Å². The number of nitrogens with one attached hydrogen (secondary N) is 2. The highest BCUT2D eigenvalue weighted by Gasteiger charge is 2.23. The van der Waals surface area contributed by atoms with Crippen LogP contribution in [0.3, 0.4) is 0 Å². The second-order valence-electron chi connectivity index (χ2n) is 6.92. The summed E-state index contributed by atoms with van der Waals surface area (Å²) in [5, 5.41) is 6.75. The lowest BCUT2D eigenvalue weighted by molar-refractivity contribution is -0.117. The molecular weight excluding hydrogens is 362 g/mol. The van der Waals surface area contributed by atoms with Gasteiger partial charge in [0.15, 0.2) is 0 Å². The van der Waals surface area contributed by atoms with Gasteiger partial charge in [-0.3, -0.25) is 9.59 Å². The fourth-order valence-corrected chi connectivity index (χ4v) is 3.42. The van der Waals surface area contributed by atoms with Gasteiger partial charge in [-0.15, -0.1) is 0 Å². The van der Waals surface area contributed by atoms with E-state index in [9.17, 15) is 9.59 Å². The van der Waals surface area contributed by atoms with Crippen molar-refractivity contribution >= 4 is 40.5 Å². The quantitative estimate of drug-likeness (QED) is 0.795. The normalized spacial score (nSPS) is 15.0. The standard InChI is InChI=1S/C21H24ClN3O2/c1-13-12-16(9-10-19(13)25-11-5-8-20(25)26)23-15(3)21(27)24-18-7-4-6-17(22)14(18)2/h4,6-7,9-10,12,15,23H,5,8,11H2,1-3H3,(H,24,27)/t15-/m1/s1. The van der Waals surface area contributed by atoms with E-state index in [1.807, 2.05) is 56.0 Å². The topological polar surface area (TPSA) is 61.4 Å². The molecule has 0 saturated carbocycles. The minimum Gasteiger partial charge on any atom is -0.374 e. The second-order valence-corrected chi connectivity index (χ2v) is 7.33. The monoisotopic (exact) mass is 385 g/mol. The van der Waals surface area contributed by atoms with Crippen LogP contribution in [0.5, 0.6) is 0 Å². The Bertz CT molecular complexity index is 882. The number of carbonyl (C=O) groups is 2. The molecule has 0 spiro atoms. The molecule has 2 aromatic rings. The Morgan fingerprint density at radius 3 is 2.67 bits per heavy atom. The van der Waals surface area contributed by atoms with Crippen molar-refractivity contribution in [1.29, 1.82) is 0 Å². The zero-order chi connectivity index (χ0) is 19.6. The number of carbonyl (C=O) groups excluding carboxylic acids is 2. The first-order chi connectivity index (χ1) is 12.9. The summed E-state index contributed by atoms with van der Waals surface area (Å²) < 4.78 is 0. The zero-order valence-corrected chi connectivity index (χ0v) is 16.6. The molecule has 3 rings (SSSR count). The van der Waals surface area contributed by atoms with Crippen molar-refractivity contribution in [2.75, 3.05) is 22.1 Å². The van der Waals surface area contributed by atoms with Crippen molar-refractivity contribution in [1.82, 2.24) is 0 Å². The number of anilines is 3. The van der Waals surface area contributed by atoms with Crippen LogP contribution in [0.1, 0.15) is 30.9 Å². The highest BCUT2D eigenvalue weighted by Crippen LogP contribution is 2.28. The minimum absolute atomic E-state index is 0.142. The molecule has 0 radical (unpaired) electrons. The second kappa shape index (κ2) is 8.01. The van der Waals surface area contributed by atoms with Crippen molar-refractivity contribution < 1.29 is 9.59 Å². The summed E-state index contributed by atoms with van der Waals surface area (Å²) in [6.07, 6.45) is 1.51. The zero-order valence-electron chi connectivity index (χ0n) is 15.8. The maximum absolute atomic E-state index is 12.5. The summed E-state index contributed by atoms with van der Waals surface area (Å²) in [5.41, 5.74) is 4.34. The Kier molecular flexibility index (Phi) is 5.71. The van der Waals surface area contributed by atoms with Crippen molar-refractivity contribution in [3.05, 3.63) is 52.5 Å². The molecule has 6 heteroatoms. The van der Waals surface area contributed by atoms with Gasteiger partial charge in [0.05, 0.1) is 0 Å². The van der Waals surface area contributed by atoms with Gasteiger partial charge < -0.3 is 15.5 Å². The van der Waals surface area contributed by atoms with Gasteiger partial charge in [0, 0.05) is 35.1 Å². The Hall–Kier alpha value is -2.53. The van der Waals surface area contributed by atoms with Crippen molar-refractivity contribution in [3.63, 3.8) is 0 Å². The highest BCUT2D eigenvalue weighted by atomic mass is 35.5. The fourth-order valence-electron chi connectivity index (χ4n) is 3.25. The smallest absolute Gasteiger partial charge is 0.246 e. The number of nitrogens with zero attached hydrogens (tertiary/aromatic N) is 1. The maximum atomic E-state index is 12.5. The first kappa shape index (κ1) is 19.2. The first-order valence-electron chi connectivity index (χ1n) is 9.10. The van der Waals surface area contributed by atoms with Crippen LogP contribution in [0, 0.1) is 13.8 Å². The molecule has 1 aliphatic rings. The molecule has 0 unspecified atom stereocenters. The lowest BCUT2D eigenvalue weighted by Gasteiger charge is -2.21. The van der Waals surface area contributed by atoms with Gasteiger partial charge in [0.2, 0.25) is 11.8 Å². The Morgan fingerprint density at radius 2 is 2.00 bits per heavy atom. The van der Waals surface area contributed by atoms with Gasteiger partial charge in [-0.25, -0.2) is 0 Å². The predicted octanol–water partition coefficient (Wildman–Crippen LogP) is 4.52. The molecule has 0 bridgehead atoms. The Balaban J connectivity index is 1.67. The number of hydrogen-bond donors (Lipinski definition) is 2. The van der Waals surface area contributed by atoms with Gasteiger partial charge in [-0.05, 0) is 68.7 Å². The molecule has 1 aliphatic heterocycles. The largest absolute Gasteiger partial charge is 0.374 e. The molecule has 2 amide bonds. The van der Waals surface area contributed by atoms with Crippen LogP contribution in [0.25, 0.3) is 0 Å². The number of aryl methyl sites for hydroxylation is 1. The molecule has 1 fully saturated rings. The molecule has 1 saturated heterocycles. The molecule has 0 aliphatic carbocycles. The van der Waals surface area contributed by atoms with E-state index in [2.05, 4.69) is 10.6 Å². The van der Waals surface area contributed by atoms with Crippen LogP contribution < -0.4 is 15.5 Å². The summed E-state index contributed by atoms with van der Waals surface area (Å²) >= 11 is 6.11. The molecule has 0 aromatic heterocycles. The molecular formula is C21H24ClN3O2. The Labute approximate surface area is 164 Å². The van der Waals surface area contributed by atoms with Crippen LogP contribution in [-0.4, -0.2) is 24.4 Å². The molecule has 2 N–H and O–H groups in total. The summed E-state index contributed by atoms with van der Waals surface area (Å²) in [6, 6.07) is 10.8. The average Bonchev–Trinajstić information content (AvgIpc) is 3.05. The van der Waals surface area contributed by atoms with Crippen LogP contribution in [0.4, 0.5) is 17.1 Å². The van der Waals surface area contributed by atoms with Crippen LogP contribution in [0.2, 0.25) is 5.02 Å². The van der Waals surface area contributed by atoms with Crippen LogP contribution >= 0.6 is 11.6 Å². The van der Waals surface area contributed by atoms with Gasteiger partial charge >= 0.3 is 0 Å². The van der Waals surface area contributed by atoms with Crippen LogP contribution in [-0.2, 0) is 9.59 Å². The molecule has 1 heterocycles. The first-order valence-corrected chi connectivity index (χ1v) is 9.48. The molecule has 1 atom stereocenters. The van der Waals surface area contributed by atoms with Gasteiger partial charge in [0.25, 0.3) is 0 Å². The number of halogens is 1. The van der Waals surface area contributed by atoms with Crippen LogP contribution in [0.15, 0.2) is 36.4 Å². The minimum atomic E-state index is -0.429. The van der Waals surface area contributed by atoms with E-state index in [0.717, 1.165) is 35.5 Å². The number of rotatable bonds is 5. The van der Waals surface area contributed by atoms with Crippen molar-refractivity contribution in [3.8, 4) is 0 Å². The third-order valence-corrected chi connectivity index (χ3v) is 5.27. The predicted molar refractivity (Wildman–Crippen MR) is 111 cm³/mol. The molecule has 142 valence electrons. The van der Waals surface area contributed by atoms with E-state index in [-0.39, 0.29) is 11.8 Å².